The zero-order valence-electron chi connectivity index (χ0n) is 8.30. The molecule has 0 atom stereocenters. The number of benzene rings is 1. The quantitative estimate of drug-likeness (QED) is 0.857. The van der Waals surface area contributed by atoms with Gasteiger partial charge in [0.1, 0.15) is 5.82 Å². The van der Waals surface area contributed by atoms with Gasteiger partial charge in [-0.25, -0.2) is 9.18 Å². The van der Waals surface area contributed by atoms with Crippen molar-refractivity contribution in [3.8, 4) is 0 Å². The van der Waals surface area contributed by atoms with Gasteiger partial charge in [0.2, 0.25) is 0 Å². The molecule has 16 heavy (non-hydrogen) atoms. The lowest BCUT2D eigenvalue weighted by atomic mass is 10.1. The first-order chi connectivity index (χ1) is 7.65. The van der Waals surface area contributed by atoms with E-state index >= 15 is 0 Å². The van der Waals surface area contributed by atoms with Crippen molar-refractivity contribution in [3.05, 3.63) is 53.6 Å². The Morgan fingerprint density at radius 3 is 2.88 bits per heavy atom. The van der Waals surface area contributed by atoms with Crippen molar-refractivity contribution in [2.75, 3.05) is 0 Å². The first-order valence-electron chi connectivity index (χ1n) is 4.65. The van der Waals surface area contributed by atoms with Gasteiger partial charge in [-0.15, -0.1) is 0 Å². The SMILES string of the molecule is O=C(O)c1cc(F)cc(Cn2cccn2)c1. The molecule has 0 radical (unpaired) electrons. The molecule has 2 aromatic rings. The number of nitrogens with zero attached hydrogens (tertiary/aromatic N) is 2. The van der Waals surface area contributed by atoms with Crippen molar-refractivity contribution in [1.29, 1.82) is 0 Å². The molecule has 0 aliphatic heterocycles. The summed E-state index contributed by atoms with van der Waals surface area (Å²) in [6, 6.07) is 5.48. The van der Waals surface area contributed by atoms with Crippen molar-refractivity contribution in [3.63, 3.8) is 0 Å². The smallest absolute Gasteiger partial charge is 0.335 e. The zero-order chi connectivity index (χ0) is 11.5. The number of carboxylic acid groups (broad SMARTS) is 1. The van der Waals surface area contributed by atoms with Crippen molar-refractivity contribution in [1.82, 2.24) is 9.78 Å². The molecule has 4 nitrogen and oxygen atoms in total. The molecular formula is C11H9FN2O2. The van der Waals surface area contributed by atoms with Crippen LogP contribution in [-0.4, -0.2) is 20.9 Å². The van der Waals surface area contributed by atoms with Crippen LogP contribution in [0, 0.1) is 5.82 Å². The molecule has 2 rings (SSSR count). The Bertz CT molecular complexity index is 509. The lowest BCUT2D eigenvalue weighted by Gasteiger charge is -2.03. The Balaban J connectivity index is 2.31. The molecule has 0 amide bonds. The number of rotatable bonds is 3. The third-order valence-corrected chi connectivity index (χ3v) is 2.11. The second-order valence-corrected chi connectivity index (χ2v) is 3.36. The van der Waals surface area contributed by atoms with Crippen LogP contribution in [0.2, 0.25) is 0 Å². The summed E-state index contributed by atoms with van der Waals surface area (Å²) in [5, 5.41) is 12.7. The van der Waals surface area contributed by atoms with Gasteiger partial charge in [0, 0.05) is 12.4 Å². The van der Waals surface area contributed by atoms with E-state index in [4.69, 9.17) is 5.11 Å². The molecule has 82 valence electrons. The summed E-state index contributed by atoms with van der Waals surface area (Å²) in [7, 11) is 0. The van der Waals surface area contributed by atoms with Crippen molar-refractivity contribution in [2.24, 2.45) is 0 Å². The highest BCUT2D eigenvalue weighted by Gasteiger charge is 2.07. The Labute approximate surface area is 90.9 Å². The summed E-state index contributed by atoms with van der Waals surface area (Å²) in [6.45, 7) is 0.352. The third kappa shape index (κ3) is 2.25. The number of carbonyl (C=O) groups is 1. The summed E-state index contributed by atoms with van der Waals surface area (Å²) < 4.78 is 14.7. The highest BCUT2D eigenvalue weighted by Crippen LogP contribution is 2.10. The van der Waals surface area contributed by atoms with E-state index in [0.29, 0.717) is 12.1 Å². The summed E-state index contributed by atoms with van der Waals surface area (Å²) in [5.74, 6) is -1.69. The molecule has 5 heteroatoms. The molecule has 1 aromatic heterocycles. The van der Waals surface area contributed by atoms with Gasteiger partial charge >= 0.3 is 5.97 Å². The van der Waals surface area contributed by atoms with Gasteiger partial charge in [-0.05, 0) is 29.8 Å². The Kier molecular flexibility index (Phi) is 2.68. The minimum atomic E-state index is -1.14. The van der Waals surface area contributed by atoms with Gasteiger partial charge in [0.25, 0.3) is 0 Å². The summed E-state index contributed by atoms with van der Waals surface area (Å²) in [5.41, 5.74) is 0.517. The van der Waals surface area contributed by atoms with E-state index in [0.717, 1.165) is 6.07 Å². The van der Waals surface area contributed by atoms with E-state index in [9.17, 15) is 9.18 Å². The van der Waals surface area contributed by atoms with E-state index in [1.165, 1.54) is 12.1 Å². The molecule has 0 unspecified atom stereocenters. The van der Waals surface area contributed by atoms with Crippen LogP contribution in [0.3, 0.4) is 0 Å². The lowest BCUT2D eigenvalue weighted by Crippen LogP contribution is -2.03. The fourth-order valence-corrected chi connectivity index (χ4v) is 1.45. The van der Waals surface area contributed by atoms with Crippen LogP contribution in [0.5, 0.6) is 0 Å². The molecule has 0 fully saturated rings. The molecule has 0 saturated carbocycles. The minimum absolute atomic E-state index is 0.0536. The molecule has 1 N–H and O–H groups in total. The highest BCUT2D eigenvalue weighted by molar-refractivity contribution is 5.87. The number of halogens is 1. The normalized spacial score (nSPS) is 10.3. The van der Waals surface area contributed by atoms with E-state index in [1.807, 2.05) is 0 Å². The van der Waals surface area contributed by atoms with Crippen LogP contribution >= 0.6 is 0 Å². The van der Waals surface area contributed by atoms with Gasteiger partial charge in [0.05, 0.1) is 12.1 Å². The summed E-state index contributed by atoms with van der Waals surface area (Å²) in [6.07, 6.45) is 3.34. The van der Waals surface area contributed by atoms with Crippen LogP contribution in [-0.2, 0) is 6.54 Å². The van der Waals surface area contributed by atoms with Gasteiger partial charge < -0.3 is 5.11 Å². The number of aromatic nitrogens is 2. The maximum absolute atomic E-state index is 13.1. The topological polar surface area (TPSA) is 55.1 Å². The third-order valence-electron chi connectivity index (χ3n) is 2.11. The monoisotopic (exact) mass is 220 g/mol. The van der Waals surface area contributed by atoms with Gasteiger partial charge in [0.15, 0.2) is 0 Å². The molecule has 1 heterocycles. The summed E-state index contributed by atoms with van der Waals surface area (Å²) >= 11 is 0. The van der Waals surface area contributed by atoms with Crippen LogP contribution in [0.15, 0.2) is 36.7 Å². The van der Waals surface area contributed by atoms with E-state index < -0.39 is 11.8 Å². The Hall–Kier alpha value is -2.17. The maximum Gasteiger partial charge on any atom is 0.335 e. The van der Waals surface area contributed by atoms with Gasteiger partial charge in [-0.3, -0.25) is 4.68 Å². The summed E-state index contributed by atoms with van der Waals surface area (Å²) in [4.78, 5) is 10.7. The molecule has 1 aromatic carbocycles. The minimum Gasteiger partial charge on any atom is -0.478 e. The van der Waals surface area contributed by atoms with E-state index in [1.54, 1.807) is 23.1 Å². The van der Waals surface area contributed by atoms with Crippen LogP contribution in [0.25, 0.3) is 0 Å². The average molecular weight is 220 g/mol. The van der Waals surface area contributed by atoms with Crippen LogP contribution < -0.4 is 0 Å². The predicted octanol–water partition coefficient (Wildman–Crippen LogP) is 1.77. The van der Waals surface area contributed by atoms with Gasteiger partial charge in [-0.2, -0.15) is 5.10 Å². The largest absolute Gasteiger partial charge is 0.478 e. The molecule has 0 saturated heterocycles. The highest BCUT2D eigenvalue weighted by atomic mass is 19.1. The molecule has 0 aliphatic rings. The number of carboxylic acids is 1. The van der Waals surface area contributed by atoms with E-state index in [-0.39, 0.29) is 5.56 Å². The average Bonchev–Trinajstić information content (AvgIpc) is 2.69. The fourth-order valence-electron chi connectivity index (χ4n) is 1.45. The first kappa shape index (κ1) is 10.4. The molecule has 0 bridgehead atoms. The molecule has 0 spiro atoms. The lowest BCUT2D eigenvalue weighted by molar-refractivity contribution is 0.0696. The number of hydrogen-bond donors (Lipinski definition) is 1. The fraction of sp³-hybridized carbons (Fsp3) is 0.0909. The first-order valence-corrected chi connectivity index (χ1v) is 4.65. The van der Waals surface area contributed by atoms with Crippen LogP contribution in [0.1, 0.15) is 15.9 Å². The second-order valence-electron chi connectivity index (χ2n) is 3.36. The second kappa shape index (κ2) is 4.14. The Morgan fingerprint density at radius 1 is 1.44 bits per heavy atom. The number of hydrogen-bond acceptors (Lipinski definition) is 2. The molecular weight excluding hydrogens is 211 g/mol. The maximum atomic E-state index is 13.1. The molecule has 0 aliphatic carbocycles. The van der Waals surface area contributed by atoms with Crippen LogP contribution in [0.4, 0.5) is 4.39 Å². The van der Waals surface area contributed by atoms with Crippen molar-refractivity contribution >= 4 is 5.97 Å². The van der Waals surface area contributed by atoms with E-state index in [2.05, 4.69) is 5.10 Å². The standard InChI is InChI=1S/C11H9FN2O2/c12-10-5-8(4-9(6-10)11(15)16)7-14-3-1-2-13-14/h1-6H,7H2,(H,15,16). The predicted molar refractivity (Wildman–Crippen MR) is 54.7 cm³/mol. The Morgan fingerprint density at radius 2 is 2.25 bits per heavy atom. The van der Waals surface area contributed by atoms with Gasteiger partial charge in [-0.1, -0.05) is 0 Å². The number of aromatic carboxylic acids is 1. The van der Waals surface area contributed by atoms with Crippen molar-refractivity contribution in [2.45, 2.75) is 6.54 Å². The van der Waals surface area contributed by atoms with Crippen molar-refractivity contribution < 1.29 is 14.3 Å². The zero-order valence-corrected chi connectivity index (χ0v) is 8.30.